The van der Waals surface area contributed by atoms with Crippen molar-refractivity contribution in [3.8, 4) is 11.5 Å². The van der Waals surface area contributed by atoms with Gasteiger partial charge in [0.15, 0.2) is 0 Å². The van der Waals surface area contributed by atoms with E-state index in [0.717, 1.165) is 11.1 Å². The van der Waals surface area contributed by atoms with Crippen molar-refractivity contribution in [2.24, 2.45) is 0 Å². The number of benzene rings is 1. The van der Waals surface area contributed by atoms with Gasteiger partial charge in [0.25, 0.3) is 0 Å². The van der Waals surface area contributed by atoms with Crippen LogP contribution in [0, 0.1) is 13.8 Å². The fraction of sp³-hybridized carbons (Fsp3) is 0.412. The highest BCUT2D eigenvalue weighted by Crippen LogP contribution is 2.25. The molecule has 1 N–H and O–H groups in total. The lowest BCUT2D eigenvalue weighted by Gasteiger charge is -2.04. The van der Waals surface area contributed by atoms with Crippen molar-refractivity contribution < 1.29 is 18.2 Å². The van der Waals surface area contributed by atoms with Crippen molar-refractivity contribution in [2.45, 2.75) is 19.6 Å². The zero-order valence-corrected chi connectivity index (χ0v) is 14.9. The first-order valence-corrected chi connectivity index (χ1v) is 9.13. The fourth-order valence-corrected chi connectivity index (χ4v) is 3.25. The molecular weight excluding hydrogens is 328 g/mol. The summed E-state index contributed by atoms with van der Waals surface area (Å²) in [6.07, 6.45) is 0. The Kier molecular flexibility index (Phi) is 6.69. The number of oxazole rings is 1. The molecule has 6 nitrogen and oxygen atoms in total. The zero-order chi connectivity index (χ0) is 17.5. The lowest BCUT2D eigenvalue weighted by molar-refractivity contribution is -0.118. The van der Waals surface area contributed by atoms with Gasteiger partial charge in [0.05, 0.1) is 18.1 Å². The fourth-order valence-electron chi connectivity index (χ4n) is 2.18. The average molecular weight is 350 g/mol. The minimum atomic E-state index is -1.34. The molecule has 1 amide bonds. The Labute approximate surface area is 144 Å². The molecular formula is C17H22N2O4S. The molecule has 24 heavy (non-hydrogen) atoms. The first kappa shape index (κ1) is 18.4. The van der Waals surface area contributed by atoms with Gasteiger partial charge >= 0.3 is 0 Å². The largest absolute Gasteiger partial charge is 0.441 e. The van der Waals surface area contributed by atoms with E-state index in [1.807, 2.05) is 31.2 Å². The molecule has 0 bridgehead atoms. The van der Waals surface area contributed by atoms with E-state index in [4.69, 9.17) is 9.15 Å². The van der Waals surface area contributed by atoms with Crippen molar-refractivity contribution in [1.29, 1.82) is 0 Å². The van der Waals surface area contributed by atoms with Gasteiger partial charge in [-0.3, -0.25) is 9.00 Å². The van der Waals surface area contributed by atoms with Crippen LogP contribution in [0.2, 0.25) is 0 Å². The molecule has 7 heteroatoms. The van der Waals surface area contributed by atoms with Crippen LogP contribution in [0.1, 0.15) is 17.0 Å². The van der Waals surface area contributed by atoms with E-state index in [2.05, 4.69) is 10.3 Å². The highest BCUT2D eigenvalue weighted by atomic mass is 32.2. The summed E-state index contributed by atoms with van der Waals surface area (Å²) in [4.78, 5) is 16.1. The van der Waals surface area contributed by atoms with Crippen LogP contribution in [0.4, 0.5) is 0 Å². The molecule has 0 spiro atoms. The molecule has 0 saturated carbocycles. The Morgan fingerprint density at radius 3 is 2.79 bits per heavy atom. The maximum atomic E-state index is 12.2. The van der Waals surface area contributed by atoms with Gasteiger partial charge in [0.1, 0.15) is 11.5 Å². The van der Waals surface area contributed by atoms with Crippen molar-refractivity contribution >= 4 is 16.7 Å². The summed E-state index contributed by atoms with van der Waals surface area (Å²) in [5.41, 5.74) is 2.59. The number of rotatable bonds is 8. The van der Waals surface area contributed by atoms with Gasteiger partial charge in [-0.25, -0.2) is 4.98 Å². The lowest BCUT2D eigenvalue weighted by Crippen LogP contribution is -2.31. The van der Waals surface area contributed by atoms with Gasteiger partial charge in [0, 0.05) is 30.0 Å². The van der Waals surface area contributed by atoms with Crippen LogP contribution in [-0.4, -0.2) is 41.1 Å². The molecule has 2 rings (SSSR count). The van der Waals surface area contributed by atoms with Crippen LogP contribution in [0.15, 0.2) is 28.7 Å². The SMILES string of the molecule is COCCNC(=O)C[S@](=O)Cc1nc(-c2ccccc2C)oc1C. The van der Waals surface area contributed by atoms with E-state index in [1.165, 1.54) is 0 Å². The van der Waals surface area contributed by atoms with Crippen LogP contribution in [-0.2, 0) is 26.1 Å². The normalized spacial score (nSPS) is 12.1. The van der Waals surface area contributed by atoms with Gasteiger partial charge in [-0.2, -0.15) is 0 Å². The molecule has 0 unspecified atom stereocenters. The number of amides is 1. The molecule has 1 atom stereocenters. The van der Waals surface area contributed by atoms with E-state index < -0.39 is 10.8 Å². The van der Waals surface area contributed by atoms with E-state index in [0.29, 0.717) is 30.5 Å². The number of carbonyl (C=O) groups is 1. The highest BCUT2D eigenvalue weighted by molar-refractivity contribution is 7.84. The maximum Gasteiger partial charge on any atom is 0.232 e. The van der Waals surface area contributed by atoms with Crippen LogP contribution >= 0.6 is 0 Å². The van der Waals surface area contributed by atoms with Crippen LogP contribution in [0.5, 0.6) is 0 Å². The summed E-state index contributed by atoms with van der Waals surface area (Å²) in [7, 11) is 0.219. The van der Waals surface area contributed by atoms with Gasteiger partial charge < -0.3 is 14.5 Å². The second kappa shape index (κ2) is 8.75. The number of methoxy groups -OCH3 is 1. The number of hydrogen-bond donors (Lipinski definition) is 1. The van der Waals surface area contributed by atoms with Crippen LogP contribution < -0.4 is 5.32 Å². The predicted molar refractivity (Wildman–Crippen MR) is 93.0 cm³/mol. The van der Waals surface area contributed by atoms with Gasteiger partial charge in [-0.1, -0.05) is 18.2 Å². The van der Waals surface area contributed by atoms with Crippen LogP contribution in [0.3, 0.4) is 0 Å². The predicted octanol–water partition coefficient (Wildman–Crippen LogP) is 1.97. The number of ether oxygens (including phenoxy) is 1. The Hall–Kier alpha value is -1.99. The molecule has 0 aliphatic heterocycles. The van der Waals surface area contributed by atoms with Gasteiger partial charge in [0.2, 0.25) is 11.8 Å². The number of aryl methyl sites for hydroxylation is 2. The Morgan fingerprint density at radius 1 is 1.33 bits per heavy atom. The Bertz CT molecular complexity index is 727. The van der Waals surface area contributed by atoms with Crippen molar-refractivity contribution in [3.05, 3.63) is 41.3 Å². The van der Waals surface area contributed by atoms with Gasteiger partial charge in [-0.15, -0.1) is 0 Å². The maximum absolute atomic E-state index is 12.2. The quantitative estimate of drug-likeness (QED) is 0.736. The number of carbonyl (C=O) groups excluding carboxylic acids is 1. The van der Waals surface area contributed by atoms with Crippen molar-refractivity contribution in [2.75, 3.05) is 26.0 Å². The summed E-state index contributed by atoms with van der Waals surface area (Å²) in [6.45, 7) is 4.62. The molecule has 0 saturated heterocycles. The second-order valence-corrected chi connectivity index (χ2v) is 6.87. The first-order valence-electron chi connectivity index (χ1n) is 7.64. The number of aromatic nitrogens is 1. The molecule has 1 aromatic heterocycles. The number of hydrogen-bond acceptors (Lipinski definition) is 5. The molecule has 130 valence electrons. The minimum Gasteiger partial charge on any atom is -0.441 e. The highest BCUT2D eigenvalue weighted by Gasteiger charge is 2.16. The summed E-state index contributed by atoms with van der Waals surface area (Å²) >= 11 is 0. The Balaban J connectivity index is 1.99. The summed E-state index contributed by atoms with van der Waals surface area (Å²) in [5.74, 6) is 1.02. The number of nitrogens with one attached hydrogen (secondary N) is 1. The third-order valence-electron chi connectivity index (χ3n) is 3.49. The Morgan fingerprint density at radius 2 is 2.08 bits per heavy atom. The molecule has 2 aromatic rings. The smallest absolute Gasteiger partial charge is 0.232 e. The standard InChI is InChI=1S/C17H22N2O4S/c1-12-6-4-5-7-14(12)17-19-15(13(2)23-17)10-24(21)11-16(20)18-8-9-22-3/h4-7H,8-11H2,1-3H3,(H,18,20)/t24-/m1/s1. The third kappa shape index (κ3) is 5.01. The topological polar surface area (TPSA) is 81.4 Å². The molecule has 1 aromatic carbocycles. The summed E-state index contributed by atoms with van der Waals surface area (Å²) in [5, 5.41) is 2.65. The minimum absolute atomic E-state index is 0.0598. The third-order valence-corrected chi connectivity index (χ3v) is 4.67. The van der Waals surface area contributed by atoms with E-state index in [-0.39, 0.29) is 17.4 Å². The molecule has 0 radical (unpaired) electrons. The van der Waals surface area contributed by atoms with E-state index >= 15 is 0 Å². The molecule has 0 aliphatic rings. The summed E-state index contributed by atoms with van der Waals surface area (Å²) in [6, 6.07) is 7.79. The molecule has 0 aliphatic carbocycles. The first-order chi connectivity index (χ1) is 11.5. The van der Waals surface area contributed by atoms with E-state index in [1.54, 1.807) is 14.0 Å². The zero-order valence-electron chi connectivity index (χ0n) is 14.1. The average Bonchev–Trinajstić information content (AvgIpc) is 2.88. The van der Waals surface area contributed by atoms with Crippen LogP contribution in [0.25, 0.3) is 11.5 Å². The van der Waals surface area contributed by atoms with Gasteiger partial charge in [-0.05, 0) is 25.5 Å². The second-order valence-electron chi connectivity index (χ2n) is 5.41. The lowest BCUT2D eigenvalue weighted by atomic mass is 10.1. The molecule has 0 fully saturated rings. The summed E-state index contributed by atoms with van der Waals surface area (Å²) < 4.78 is 22.7. The van der Waals surface area contributed by atoms with Crippen molar-refractivity contribution in [3.63, 3.8) is 0 Å². The van der Waals surface area contributed by atoms with Crippen molar-refractivity contribution in [1.82, 2.24) is 10.3 Å². The monoisotopic (exact) mass is 350 g/mol. The van der Waals surface area contributed by atoms with E-state index in [9.17, 15) is 9.00 Å². The number of nitrogens with zero attached hydrogens (tertiary/aromatic N) is 1. The molecule has 1 heterocycles.